The Labute approximate surface area is 86.5 Å². The molecule has 0 aliphatic heterocycles. The van der Waals surface area contributed by atoms with Gasteiger partial charge in [-0.05, 0) is 18.6 Å². The van der Waals surface area contributed by atoms with Crippen LogP contribution >= 0.6 is 9.24 Å². The fourth-order valence-electron chi connectivity index (χ4n) is 1.15. The number of hydrogen-bond donors (Lipinski definition) is 1. The smallest absolute Gasteiger partial charge is 0.220 e. The van der Waals surface area contributed by atoms with Crippen molar-refractivity contribution in [3.63, 3.8) is 0 Å². The van der Waals surface area contributed by atoms with Crippen molar-refractivity contribution in [3.8, 4) is 0 Å². The lowest BCUT2D eigenvalue weighted by molar-refractivity contribution is -0.120. The van der Waals surface area contributed by atoms with Crippen molar-refractivity contribution in [2.24, 2.45) is 0 Å². The summed E-state index contributed by atoms with van der Waals surface area (Å²) in [7, 11) is 4.29. The summed E-state index contributed by atoms with van der Waals surface area (Å²) in [6.45, 7) is 0. The third kappa shape index (κ3) is 3.43. The first-order valence-corrected chi connectivity index (χ1v) is 5.43. The van der Waals surface area contributed by atoms with Crippen molar-refractivity contribution in [2.75, 3.05) is 7.05 Å². The van der Waals surface area contributed by atoms with Gasteiger partial charge in [0, 0.05) is 31.0 Å². The first-order valence-electron chi connectivity index (χ1n) is 4.61. The van der Waals surface area contributed by atoms with Crippen LogP contribution in [0.1, 0.15) is 17.8 Å². The monoisotopic (exact) mass is 210 g/mol. The number of hydrogen-bond acceptors (Lipinski definition) is 2. The van der Waals surface area contributed by atoms with Crippen molar-refractivity contribution in [1.29, 1.82) is 0 Å². The summed E-state index contributed by atoms with van der Waals surface area (Å²) in [5.74, 6) is 0.0584. The Balaban J connectivity index is 2.54. The van der Waals surface area contributed by atoms with Gasteiger partial charge in [-0.25, -0.2) is 0 Å². The molecule has 0 bridgehead atoms. The van der Waals surface area contributed by atoms with E-state index in [2.05, 4.69) is 19.5 Å². The molecule has 0 saturated heterocycles. The van der Waals surface area contributed by atoms with Gasteiger partial charge < -0.3 is 5.32 Å². The van der Waals surface area contributed by atoms with E-state index >= 15 is 0 Å². The van der Waals surface area contributed by atoms with E-state index in [0.717, 1.165) is 17.5 Å². The largest absolute Gasteiger partial charge is 0.359 e. The average molecular weight is 210 g/mol. The molecule has 1 heterocycles. The van der Waals surface area contributed by atoms with Crippen molar-refractivity contribution < 1.29 is 4.79 Å². The summed E-state index contributed by atoms with van der Waals surface area (Å²) in [4.78, 5) is 15.4. The zero-order valence-corrected chi connectivity index (χ0v) is 9.44. The van der Waals surface area contributed by atoms with E-state index in [1.54, 1.807) is 7.05 Å². The number of pyridine rings is 1. The lowest BCUT2D eigenvalue weighted by atomic mass is 10.2. The van der Waals surface area contributed by atoms with Gasteiger partial charge in [-0.1, -0.05) is 6.07 Å². The van der Waals surface area contributed by atoms with Crippen LogP contribution in [0.15, 0.2) is 18.2 Å². The van der Waals surface area contributed by atoms with Crippen LogP contribution in [0.2, 0.25) is 0 Å². The highest BCUT2D eigenvalue weighted by atomic mass is 31.0. The van der Waals surface area contributed by atoms with Gasteiger partial charge in [0.05, 0.1) is 0 Å². The second kappa shape index (κ2) is 5.71. The molecule has 1 unspecified atom stereocenters. The first kappa shape index (κ1) is 11.1. The highest BCUT2D eigenvalue weighted by Crippen LogP contribution is 2.05. The molecule has 1 amide bonds. The number of nitrogens with zero attached hydrogens (tertiary/aromatic N) is 1. The van der Waals surface area contributed by atoms with Gasteiger partial charge >= 0.3 is 0 Å². The molecule has 0 saturated carbocycles. The van der Waals surface area contributed by atoms with Crippen LogP contribution in [0.3, 0.4) is 0 Å². The molecule has 1 atom stereocenters. The Morgan fingerprint density at radius 1 is 1.50 bits per heavy atom. The van der Waals surface area contributed by atoms with E-state index in [0.29, 0.717) is 12.8 Å². The van der Waals surface area contributed by atoms with Gasteiger partial charge in [-0.3, -0.25) is 9.78 Å². The summed E-state index contributed by atoms with van der Waals surface area (Å²) >= 11 is 0. The highest BCUT2D eigenvalue weighted by Gasteiger charge is 2.00. The van der Waals surface area contributed by atoms with Crippen molar-refractivity contribution in [2.45, 2.75) is 19.0 Å². The Bertz CT molecular complexity index is 315. The maximum absolute atomic E-state index is 11.0. The summed E-state index contributed by atoms with van der Waals surface area (Å²) in [6.07, 6.45) is 2.07. The number of aryl methyl sites for hydroxylation is 1. The fraction of sp³-hybridized carbons (Fsp3) is 0.400. The van der Waals surface area contributed by atoms with E-state index in [9.17, 15) is 4.79 Å². The van der Waals surface area contributed by atoms with E-state index in [-0.39, 0.29) is 5.91 Å². The predicted octanol–water partition coefficient (Wildman–Crippen LogP) is 1.14. The van der Waals surface area contributed by atoms with Crippen molar-refractivity contribution >= 4 is 15.1 Å². The van der Waals surface area contributed by atoms with E-state index in [1.165, 1.54) is 0 Å². The van der Waals surface area contributed by atoms with Crippen LogP contribution < -0.4 is 5.32 Å². The summed E-state index contributed by atoms with van der Waals surface area (Å²) in [5, 5.41) is 2.59. The van der Waals surface area contributed by atoms with Gasteiger partial charge in [0.15, 0.2) is 0 Å². The molecule has 1 aromatic heterocycles. The lowest BCUT2D eigenvalue weighted by Crippen LogP contribution is -2.18. The van der Waals surface area contributed by atoms with Gasteiger partial charge in [0.1, 0.15) is 0 Å². The summed E-state index contributed by atoms with van der Waals surface area (Å²) in [6, 6.07) is 5.91. The Hall–Kier alpha value is -0.950. The Morgan fingerprint density at radius 2 is 2.21 bits per heavy atom. The van der Waals surface area contributed by atoms with Crippen LogP contribution in [0.5, 0.6) is 0 Å². The van der Waals surface area contributed by atoms with Crippen molar-refractivity contribution in [1.82, 2.24) is 10.3 Å². The molecule has 0 aliphatic carbocycles. The van der Waals surface area contributed by atoms with Crippen LogP contribution in [-0.4, -0.2) is 17.9 Å². The second-order valence-electron chi connectivity index (χ2n) is 3.00. The third-order valence-corrected chi connectivity index (χ3v) is 2.38. The van der Waals surface area contributed by atoms with E-state index in [1.807, 2.05) is 18.2 Å². The minimum Gasteiger partial charge on any atom is -0.359 e. The Morgan fingerprint density at radius 3 is 2.86 bits per heavy atom. The normalized spacial score (nSPS) is 9.86. The first-order chi connectivity index (χ1) is 6.76. The van der Waals surface area contributed by atoms with Gasteiger partial charge in [-0.15, -0.1) is 9.24 Å². The minimum atomic E-state index is 0.0584. The molecule has 1 rings (SSSR count). The van der Waals surface area contributed by atoms with E-state index < -0.39 is 0 Å². The highest BCUT2D eigenvalue weighted by molar-refractivity contribution is 7.15. The minimum absolute atomic E-state index is 0.0584. The number of nitrogens with one attached hydrogen (secondary N) is 1. The predicted molar refractivity (Wildman–Crippen MR) is 60.0 cm³/mol. The Kier molecular flexibility index (Phi) is 4.54. The molecule has 0 spiro atoms. The number of aromatic nitrogens is 1. The zero-order chi connectivity index (χ0) is 10.4. The molecule has 76 valence electrons. The molecular formula is C10H15N2OP. The van der Waals surface area contributed by atoms with Crippen LogP contribution in [-0.2, 0) is 17.4 Å². The maximum atomic E-state index is 11.0. The number of amides is 1. The van der Waals surface area contributed by atoms with Crippen molar-refractivity contribution in [3.05, 3.63) is 29.6 Å². The second-order valence-corrected chi connectivity index (χ2v) is 3.41. The van der Waals surface area contributed by atoms with Gasteiger partial charge in [0.25, 0.3) is 0 Å². The number of carbonyl (C=O) groups is 1. The fourth-order valence-corrected chi connectivity index (χ4v) is 1.38. The van der Waals surface area contributed by atoms with E-state index in [4.69, 9.17) is 0 Å². The molecule has 0 aromatic carbocycles. The molecule has 4 heteroatoms. The van der Waals surface area contributed by atoms with Crippen LogP contribution in [0.4, 0.5) is 0 Å². The maximum Gasteiger partial charge on any atom is 0.220 e. The molecule has 1 aromatic rings. The average Bonchev–Trinajstić information content (AvgIpc) is 2.26. The van der Waals surface area contributed by atoms with Gasteiger partial charge in [-0.2, -0.15) is 0 Å². The molecule has 0 aliphatic rings. The molecule has 14 heavy (non-hydrogen) atoms. The van der Waals surface area contributed by atoms with Gasteiger partial charge in [0.2, 0.25) is 5.91 Å². The quantitative estimate of drug-likeness (QED) is 0.757. The van der Waals surface area contributed by atoms with Crippen LogP contribution in [0, 0.1) is 0 Å². The third-order valence-electron chi connectivity index (χ3n) is 1.96. The molecule has 0 fully saturated rings. The van der Waals surface area contributed by atoms with Crippen LogP contribution in [0.25, 0.3) is 0 Å². The molecule has 3 nitrogen and oxygen atoms in total. The molecule has 1 N–H and O–H groups in total. The number of carbonyl (C=O) groups excluding carboxylic acids is 1. The summed E-state index contributed by atoms with van der Waals surface area (Å²) < 4.78 is 0. The molecule has 0 radical (unpaired) electrons. The molecular weight excluding hydrogens is 195 g/mol. The topological polar surface area (TPSA) is 42.0 Å². The lowest BCUT2D eigenvalue weighted by Gasteiger charge is -2.02. The number of rotatable bonds is 4. The SMILES string of the molecule is CNC(=O)CCc1cccc(CP)n1. The standard InChI is InChI=1S/C10H15N2OP/c1-11-10(13)6-5-8-3-2-4-9(7-14)12-8/h2-4H,5-7,14H2,1H3,(H,11,13). The summed E-state index contributed by atoms with van der Waals surface area (Å²) in [5.41, 5.74) is 2.03. The zero-order valence-electron chi connectivity index (χ0n) is 8.29.